The van der Waals surface area contributed by atoms with E-state index in [9.17, 15) is 21.6 Å². The molecule has 0 aromatic carbocycles. The number of hydrogen-bond acceptors (Lipinski definition) is 6. The van der Waals surface area contributed by atoms with Crippen LogP contribution in [0.25, 0.3) is 0 Å². The fourth-order valence-corrected chi connectivity index (χ4v) is 3.20. The Morgan fingerprint density at radius 3 is 2.53 bits per heavy atom. The fourth-order valence-electron chi connectivity index (χ4n) is 1.03. The predicted octanol–water partition coefficient (Wildman–Crippen LogP) is 1.49. The van der Waals surface area contributed by atoms with Crippen molar-refractivity contribution in [1.29, 1.82) is 0 Å². The molecule has 5 nitrogen and oxygen atoms in total. The standard InChI is InChI=1S/C7H10F3N3O2S2/c1-2-17(14,15)4-5(11)13-16-6(4)12-3-7(8,9)10/h12H,2-3H2,1H3,(H2,11,13). The van der Waals surface area contributed by atoms with Gasteiger partial charge in [-0.1, -0.05) is 6.92 Å². The smallest absolute Gasteiger partial charge is 0.382 e. The molecule has 0 amide bonds. The van der Waals surface area contributed by atoms with Gasteiger partial charge in [0, 0.05) is 0 Å². The van der Waals surface area contributed by atoms with E-state index in [4.69, 9.17) is 5.73 Å². The van der Waals surface area contributed by atoms with Gasteiger partial charge in [0.15, 0.2) is 15.7 Å². The van der Waals surface area contributed by atoms with Gasteiger partial charge in [-0.25, -0.2) is 8.42 Å². The lowest BCUT2D eigenvalue weighted by Crippen LogP contribution is -2.22. The Morgan fingerprint density at radius 2 is 2.06 bits per heavy atom. The van der Waals surface area contributed by atoms with Crippen LogP contribution in [-0.2, 0) is 9.84 Å². The molecule has 1 rings (SSSR count). The number of rotatable bonds is 4. The van der Waals surface area contributed by atoms with Gasteiger partial charge in [-0.3, -0.25) is 0 Å². The molecule has 98 valence electrons. The number of sulfone groups is 1. The summed E-state index contributed by atoms with van der Waals surface area (Å²) in [6.45, 7) is 0.0425. The van der Waals surface area contributed by atoms with Crippen molar-refractivity contribution < 1.29 is 21.6 Å². The molecule has 0 fully saturated rings. The third kappa shape index (κ3) is 3.46. The lowest BCUT2D eigenvalue weighted by molar-refractivity contribution is -0.115. The summed E-state index contributed by atoms with van der Waals surface area (Å²) in [5.74, 6) is -0.530. The Hall–Kier alpha value is -1.03. The van der Waals surface area contributed by atoms with Gasteiger partial charge in [0.1, 0.15) is 16.4 Å². The highest BCUT2D eigenvalue weighted by molar-refractivity contribution is 7.91. The summed E-state index contributed by atoms with van der Waals surface area (Å²) < 4.78 is 62.7. The summed E-state index contributed by atoms with van der Waals surface area (Å²) in [5, 5.41) is 1.81. The highest BCUT2D eigenvalue weighted by Gasteiger charge is 2.30. The second-order valence-corrected chi connectivity index (χ2v) is 6.09. The Morgan fingerprint density at radius 1 is 1.47 bits per heavy atom. The lowest BCUT2D eigenvalue weighted by Gasteiger charge is -2.09. The van der Waals surface area contributed by atoms with Gasteiger partial charge in [0.05, 0.1) is 5.75 Å². The summed E-state index contributed by atoms with van der Waals surface area (Å²) in [5.41, 5.74) is 5.34. The highest BCUT2D eigenvalue weighted by Crippen LogP contribution is 2.32. The number of halogens is 3. The second kappa shape index (κ2) is 4.69. The zero-order chi connectivity index (χ0) is 13.3. The molecule has 0 unspecified atom stereocenters. The molecule has 3 N–H and O–H groups in total. The molecule has 0 spiro atoms. The summed E-state index contributed by atoms with van der Waals surface area (Å²) in [6, 6.07) is 0. The number of nitrogen functional groups attached to an aromatic ring is 1. The molecule has 0 saturated heterocycles. The highest BCUT2D eigenvalue weighted by atomic mass is 32.2. The zero-order valence-corrected chi connectivity index (χ0v) is 10.3. The zero-order valence-electron chi connectivity index (χ0n) is 8.71. The fraction of sp³-hybridized carbons (Fsp3) is 0.571. The van der Waals surface area contributed by atoms with Crippen LogP contribution in [0.5, 0.6) is 0 Å². The van der Waals surface area contributed by atoms with Crippen LogP contribution >= 0.6 is 11.5 Å². The molecular weight excluding hydrogens is 279 g/mol. The molecule has 1 aromatic rings. The number of nitrogens with one attached hydrogen (secondary N) is 1. The van der Waals surface area contributed by atoms with Gasteiger partial charge >= 0.3 is 6.18 Å². The van der Waals surface area contributed by atoms with Gasteiger partial charge < -0.3 is 11.1 Å². The van der Waals surface area contributed by atoms with Crippen molar-refractivity contribution in [3.05, 3.63) is 0 Å². The van der Waals surface area contributed by atoms with Crippen molar-refractivity contribution in [2.45, 2.75) is 18.0 Å². The minimum atomic E-state index is -4.44. The first-order chi connectivity index (χ1) is 7.67. The first kappa shape index (κ1) is 14.0. The number of anilines is 2. The van der Waals surface area contributed by atoms with Gasteiger partial charge in [0.25, 0.3) is 0 Å². The number of aromatic nitrogens is 1. The molecule has 17 heavy (non-hydrogen) atoms. The lowest BCUT2D eigenvalue weighted by atomic mass is 10.5. The number of alkyl halides is 3. The Labute approximate surface area is 99.9 Å². The summed E-state index contributed by atoms with van der Waals surface area (Å²) in [6.07, 6.45) is -4.44. The number of nitrogens with zero attached hydrogens (tertiary/aromatic N) is 1. The quantitative estimate of drug-likeness (QED) is 0.877. The van der Waals surface area contributed by atoms with Crippen molar-refractivity contribution in [2.24, 2.45) is 0 Å². The molecule has 0 aliphatic heterocycles. The largest absolute Gasteiger partial charge is 0.405 e. The Balaban J connectivity index is 3.04. The molecule has 0 bridgehead atoms. The molecule has 0 aliphatic rings. The van der Waals surface area contributed by atoms with Crippen LogP contribution in [0.4, 0.5) is 24.0 Å². The van der Waals surface area contributed by atoms with Gasteiger partial charge in [-0.15, -0.1) is 0 Å². The van der Waals surface area contributed by atoms with Crippen LogP contribution in [0.2, 0.25) is 0 Å². The molecule has 10 heteroatoms. The van der Waals surface area contributed by atoms with E-state index in [1.807, 2.05) is 5.32 Å². The Kier molecular flexibility index (Phi) is 3.87. The second-order valence-electron chi connectivity index (χ2n) is 3.10. The van der Waals surface area contributed by atoms with Crippen LogP contribution in [0, 0.1) is 0 Å². The van der Waals surface area contributed by atoms with E-state index in [0.29, 0.717) is 11.5 Å². The molecule has 1 aromatic heterocycles. The third-order valence-electron chi connectivity index (χ3n) is 1.81. The minimum Gasteiger partial charge on any atom is -0.382 e. The van der Waals surface area contributed by atoms with E-state index in [2.05, 4.69) is 4.37 Å². The Bertz CT molecular complexity index is 495. The van der Waals surface area contributed by atoms with Crippen LogP contribution in [0.1, 0.15) is 6.92 Å². The summed E-state index contributed by atoms with van der Waals surface area (Å²) in [7, 11) is -3.69. The first-order valence-corrected chi connectivity index (χ1v) is 6.88. The van der Waals surface area contributed by atoms with Crippen molar-refractivity contribution in [3.63, 3.8) is 0 Å². The molecule has 0 aliphatic carbocycles. The van der Waals surface area contributed by atoms with E-state index < -0.39 is 22.6 Å². The summed E-state index contributed by atoms with van der Waals surface area (Å²) in [4.78, 5) is -0.353. The van der Waals surface area contributed by atoms with Gasteiger partial charge in [-0.2, -0.15) is 17.5 Å². The topological polar surface area (TPSA) is 85.1 Å². The normalized spacial score (nSPS) is 12.7. The molecule has 1 heterocycles. The first-order valence-electron chi connectivity index (χ1n) is 4.46. The molecular formula is C7H10F3N3O2S2. The maximum absolute atomic E-state index is 12.0. The van der Waals surface area contributed by atoms with Crippen LogP contribution in [0.15, 0.2) is 4.90 Å². The molecule has 0 saturated carbocycles. The van der Waals surface area contributed by atoms with E-state index in [-0.39, 0.29) is 21.5 Å². The third-order valence-corrected chi connectivity index (χ3v) is 4.56. The van der Waals surface area contributed by atoms with E-state index in [1.165, 1.54) is 6.92 Å². The van der Waals surface area contributed by atoms with Gasteiger partial charge in [0.2, 0.25) is 0 Å². The minimum absolute atomic E-state index is 0.179. The molecule has 0 atom stereocenters. The number of hydrogen-bond donors (Lipinski definition) is 2. The van der Waals surface area contributed by atoms with Crippen molar-refractivity contribution in [3.8, 4) is 0 Å². The van der Waals surface area contributed by atoms with E-state index in [0.717, 1.165) is 0 Å². The van der Waals surface area contributed by atoms with Crippen molar-refractivity contribution in [1.82, 2.24) is 4.37 Å². The SMILES string of the molecule is CCS(=O)(=O)c1c(N)nsc1NCC(F)(F)F. The van der Waals surface area contributed by atoms with E-state index in [1.54, 1.807) is 0 Å². The summed E-state index contributed by atoms with van der Waals surface area (Å²) >= 11 is 0.594. The van der Waals surface area contributed by atoms with Crippen LogP contribution in [-0.4, -0.2) is 31.3 Å². The van der Waals surface area contributed by atoms with Crippen LogP contribution in [0.3, 0.4) is 0 Å². The van der Waals surface area contributed by atoms with E-state index >= 15 is 0 Å². The maximum Gasteiger partial charge on any atom is 0.405 e. The average Bonchev–Trinajstić information content (AvgIpc) is 2.56. The van der Waals surface area contributed by atoms with Crippen LogP contribution < -0.4 is 11.1 Å². The van der Waals surface area contributed by atoms with Gasteiger partial charge in [-0.05, 0) is 11.5 Å². The monoisotopic (exact) mass is 289 g/mol. The average molecular weight is 289 g/mol. The van der Waals surface area contributed by atoms with Crippen molar-refractivity contribution >= 4 is 32.2 Å². The van der Waals surface area contributed by atoms with Crippen molar-refractivity contribution in [2.75, 3.05) is 23.3 Å². The predicted molar refractivity (Wildman–Crippen MR) is 58.8 cm³/mol. The number of nitrogens with two attached hydrogens (primary N) is 1. The molecule has 0 radical (unpaired) electrons. The maximum atomic E-state index is 12.0.